The Morgan fingerprint density at radius 3 is 2.85 bits per heavy atom. The van der Waals surface area contributed by atoms with Crippen molar-refractivity contribution in [2.24, 2.45) is 5.73 Å². The third-order valence-electron chi connectivity index (χ3n) is 4.74. The number of piperidine rings is 1. The first-order valence-electron chi connectivity index (χ1n) is 8.85. The summed E-state index contributed by atoms with van der Waals surface area (Å²) >= 11 is 0. The number of hydrogen-bond acceptors (Lipinski definition) is 5. The molecule has 0 bridgehead atoms. The predicted molar refractivity (Wildman–Crippen MR) is 101 cm³/mol. The van der Waals surface area contributed by atoms with Gasteiger partial charge >= 0.3 is 0 Å². The van der Waals surface area contributed by atoms with E-state index in [4.69, 9.17) is 5.73 Å². The largest absolute Gasteiger partial charge is 0.336 e. The van der Waals surface area contributed by atoms with Gasteiger partial charge in [-0.1, -0.05) is 12.1 Å². The number of aromatic nitrogens is 3. The number of nitrogens with two attached hydrogens (primary N) is 1. The Kier molecular flexibility index (Phi) is 4.34. The molecule has 3 heterocycles. The van der Waals surface area contributed by atoms with Gasteiger partial charge in [-0.3, -0.25) is 14.8 Å². The van der Waals surface area contributed by atoms with E-state index in [0.717, 1.165) is 47.2 Å². The second-order valence-corrected chi connectivity index (χ2v) is 6.80. The highest BCUT2D eigenvalue weighted by Crippen LogP contribution is 2.22. The number of carbonyl (C=O) groups excluding carboxylic acids is 1. The minimum Gasteiger partial charge on any atom is -0.336 e. The van der Waals surface area contributed by atoms with E-state index in [1.54, 1.807) is 17.3 Å². The van der Waals surface area contributed by atoms with Crippen LogP contribution in [-0.2, 0) is 0 Å². The Labute approximate surface area is 152 Å². The lowest BCUT2D eigenvalue weighted by Crippen LogP contribution is -2.45. The summed E-state index contributed by atoms with van der Waals surface area (Å²) in [6, 6.07) is 10.1. The molecular formula is C20H21N5O. The van der Waals surface area contributed by atoms with E-state index in [0.29, 0.717) is 12.2 Å². The molecule has 0 aliphatic carbocycles. The van der Waals surface area contributed by atoms with Crippen molar-refractivity contribution in [1.82, 2.24) is 19.9 Å². The molecule has 6 nitrogen and oxygen atoms in total. The molecule has 0 saturated carbocycles. The molecule has 1 aliphatic heterocycles. The molecule has 1 saturated heterocycles. The van der Waals surface area contributed by atoms with Crippen LogP contribution in [0, 0.1) is 6.92 Å². The highest BCUT2D eigenvalue weighted by molar-refractivity contribution is 5.92. The van der Waals surface area contributed by atoms with Crippen molar-refractivity contribution in [2.45, 2.75) is 25.8 Å². The van der Waals surface area contributed by atoms with Crippen molar-refractivity contribution in [2.75, 3.05) is 13.1 Å². The molecule has 0 radical (unpaired) electrons. The number of aryl methyl sites for hydroxylation is 1. The minimum absolute atomic E-state index is 0.0507. The Bertz CT molecular complexity index is 954. The third-order valence-corrected chi connectivity index (χ3v) is 4.74. The molecule has 1 unspecified atom stereocenters. The van der Waals surface area contributed by atoms with Gasteiger partial charge in [0.15, 0.2) is 0 Å². The predicted octanol–water partition coefficient (Wildman–Crippen LogP) is 2.56. The quantitative estimate of drug-likeness (QED) is 0.770. The first-order chi connectivity index (χ1) is 12.6. The molecule has 0 spiro atoms. The van der Waals surface area contributed by atoms with E-state index in [-0.39, 0.29) is 11.9 Å². The van der Waals surface area contributed by atoms with Gasteiger partial charge in [0.25, 0.3) is 5.91 Å². The van der Waals surface area contributed by atoms with Gasteiger partial charge in [0.1, 0.15) is 5.69 Å². The van der Waals surface area contributed by atoms with Crippen LogP contribution in [0.4, 0.5) is 0 Å². The summed E-state index contributed by atoms with van der Waals surface area (Å²) in [6.45, 7) is 3.29. The zero-order chi connectivity index (χ0) is 18.1. The van der Waals surface area contributed by atoms with Crippen LogP contribution in [0.1, 0.15) is 29.0 Å². The molecular weight excluding hydrogens is 326 g/mol. The van der Waals surface area contributed by atoms with Crippen LogP contribution < -0.4 is 5.73 Å². The van der Waals surface area contributed by atoms with Crippen LogP contribution in [0.5, 0.6) is 0 Å². The number of amides is 1. The minimum atomic E-state index is -0.0996. The molecule has 1 amide bonds. The molecule has 2 N–H and O–H groups in total. The lowest BCUT2D eigenvalue weighted by molar-refractivity contribution is 0.0702. The Balaban J connectivity index is 1.57. The summed E-state index contributed by atoms with van der Waals surface area (Å²) in [5.74, 6) is -0.0996. The van der Waals surface area contributed by atoms with E-state index in [9.17, 15) is 4.79 Å². The summed E-state index contributed by atoms with van der Waals surface area (Å²) in [6.07, 6.45) is 5.10. The lowest BCUT2D eigenvalue weighted by Gasteiger charge is -2.30. The Hall–Kier alpha value is -2.86. The molecule has 1 aromatic carbocycles. The SMILES string of the molecule is Cc1ccc2cc(-c3cnc(C(=O)N4CCCC(N)C4)cn3)ccc2n1. The molecule has 4 rings (SSSR count). The van der Waals surface area contributed by atoms with Crippen molar-refractivity contribution in [1.29, 1.82) is 0 Å². The van der Waals surface area contributed by atoms with Crippen molar-refractivity contribution < 1.29 is 4.79 Å². The molecule has 3 aromatic rings. The Morgan fingerprint density at radius 2 is 2.08 bits per heavy atom. The van der Waals surface area contributed by atoms with E-state index in [2.05, 4.69) is 15.0 Å². The maximum Gasteiger partial charge on any atom is 0.274 e. The maximum atomic E-state index is 12.6. The van der Waals surface area contributed by atoms with Crippen LogP contribution in [0.15, 0.2) is 42.7 Å². The van der Waals surface area contributed by atoms with E-state index in [1.807, 2.05) is 37.3 Å². The van der Waals surface area contributed by atoms with Gasteiger partial charge in [0.05, 0.1) is 23.6 Å². The fourth-order valence-electron chi connectivity index (χ4n) is 3.33. The number of likely N-dealkylation sites (tertiary alicyclic amines) is 1. The van der Waals surface area contributed by atoms with Crippen LogP contribution in [0.25, 0.3) is 22.2 Å². The van der Waals surface area contributed by atoms with Crippen molar-refractivity contribution >= 4 is 16.8 Å². The van der Waals surface area contributed by atoms with Gasteiger partial charge in [0, 0.05) is 35.8 Å². The van der Waals surface area contributed by atoms with E-state index >= 15 is 0 Å². The molecule has 6 heteroatoms. The van der Waals surface area contributed by atoms with E-state index in [1.165, 1.54) is 0 Å². The number of rotatable bonds is 2. The first-order valence-corrected chi connectivity index (χ1v) is 8.85. The number of carbonyl (C=O) groups is 1. The number of benzene rings is 1. The fraction of sp³-hybridized carbons (Fsp3) is 0.300. The van der Waals surface area contributed by atoms with Gasteiger partial charge in [-0.25, -0.2) is 4.98 Å². The summed E-state index contributed by atoms with van der Waals surface area (Å²) in [5, 5.41) is 1.05. The molecule has 1 aliphatic rings. The molecule has 1 atom stereocenters. The average Bonchev–Trinajstić information content (AvgIpc) is 2.67. The zero-order valence-electron chi connectivity index (χ0n) is 14.7. The average molecular weight is 347 g/mol. The van der Waals surface area contributed by atoms with Crippen molar-refractivity contribution in [3.63, 3.8) is 0 Å². The van der Waals surface area contributed by atoms with E-state index < -0.39 is 0 Å². The maximum absolute atomic E-state index is 12.6. The van der Waals surface area contributed by atoms with Crippen LogP contribution in [-0.4, -0.2) is 44.9 Å². The second kappa shape index (κ2) is 6.80. The molecule has 26 heavy (non-hydrogen) atoms. The van der Waals surface area contributed by atoms with Gasteiger partial charge in [-0.2, -0.15) is 0 Å². The number of hydrogen-bond donors (Lipinski definition) is 1. The standard InChI is InChI=1S/C20H21N5O/c1-13-4-5-14-9-15(6-7-17(14)24-13)18-10-23-19(11-22-18)20(26)25-8-2-3-16(21)12-25/h4-7,9-11,16H,2-3,8,12,21H2,1H3. The van der Waals surface area contributed by atoms with Crippen molar-refractivity contribution in [3.8, 4) is 11.3 Å². The van der Waals surface area contributed by atoms with Crippen LogP contribution >= 0.6 is 0 Å². The second-order valence-electron chi connectivity index (χ2n) is 6.80. The highest BCUT2D eigenvalue weighted by Gasteiger charge is 2.23. The van der Waals surface area contributed by atoms with Gasteiger partial charge in [0.2, 0.25) is 0 Å². The summed E-state index contributed by atoms with van der Waals surface area (Å²) < 4.78 is 0. The Morgan fingerprint density at radius 1 is 1.19 bits per heavy atom. The van der Waals surface area contributed by atoms with Crippen LogP contribution in [0.3, 0.4) is 0 Å². The zero-order valence-corrected chi connectivity index (χ0v) is 14.7. The number of nitrogens with zero attached hydrogens (tertiary/aromatic N) is 4. The topological polar surface area (TPSA) is 85.0 Å². The third kappa shape index (κ3) is 3.28. The van der Waals surface area contributed by atoms with Crippen molar-refractivity contribution in [3.05, 3.63) is 54.1 Å². The summed E-state index contributed by atoms with van der Waals surface area (Å²) in [4.78, 5) is 27.6. The molecule has 132 valence electrons. The highest BCUT2D eigenvalue weighted by atomic mass is 16.2. The van der Waals surface area contributed by atoms with Gasteiger partial charge in [-0.05, 0) is 38.0 Å². The smallest absolute Gasteiger partial charge is 0.274 e. The van der Waals surface area contributed by atoms with Crippen LogP contribution in [0.2, 0.25) is 0 Å². The fourth-order valence-corrected chi connectivity index (χ4v) is 3.33. The molecule has 2 aromatic heterocycles. The lowest BCUT2D eigenvalue weighted by atomic mass is 10.1. The normalized spacial score (nSPS) is 17.5. The number of fused-ring (bicyclic) bond motifs is 1. The number of pyridine rings is 1. The monoisotopic (exact) mass is 347 g/mol. The summed E-state index contributed by atoms with van der Waals surface area (Å²) in [5.41, 5.74) is 9.96. The van der Waals surface area contributed by atoms with Gasteiger partial charge in [-0.15, -0.1) is 0 Å². The first kappa shape index (κ1) is 16.6. The van der Waals surface area contributed by atoms with Gasteiger partial charge < -0.3 is 10.6 Å². The molecule has 1 fully saturated rings. The summed E-state index contributed by atoms with van der Waals surface area (Å²) in [7, 11) is 0.